The maximum Gasteiger partial charge on any atom is 0.00702 e. The van der Waals surface area contributed by atoms with Gasteiger partial charge in [-0.2, -0.15) is 0 Å². The number of piperidine rings is 4. The molecule has 4 saturated heterocycles. The molecular weight excluding hydrogens is 184 g/mol. The zero-order chi connectivity index (χ0) is 10.1. The van der Waals surface area contributed by atoms with E-state index in [2.05, 4.69) is 10.2 Å². The van der Waals surface area contributed by atoms with Crippen molar-refractivity contribution in [3.05, 3.63) is 0 Å². The normalized spacial score (nSPS) is 45.6. The predicted octanol–water partition coefficient (Wildman–Crippen LogP) is 1.86. The van der Waals surface area contributed by atoms with Crippen molar-refractivity contribution >= 4 is 0 Å². The summed E-state index contributed by atoms with van der Waals surface area (Å²) < 4.78 is 0. The van der Waals surface area contributed by atoms with Gasteiger partial charge < -0.3 is 10.2 Å². The molecule has 4 fully saturated rings. The van der Waals surface area contributed by atoms with Crippen LogP contribution < -0.4 is 5.32 Å². The molecule has 4 aliphatic rings. The fraction of sp³-hybridized carbons (Fsp3) is 1.00. The molecule has 0 spiro atoms. The molecule has 0 radical (unpaired) electrons. The van der Waals surface area contributed by atoms with Gasteiger partial charge in [0, 0.05) is 12.6 Å². The molecule has 0 aromatic rings. The summed E-state index contributed by atoms with van der Waals surface area (Å²) in [7, 11) is 0. The number of rotatable bonds is 2. The third-order valence-corrected chi connectivity index (χ3v) is 4.79. The van der Waals surface area contributed by atoms with Crippen molar-refractivity contribution in [3.8, 4) is 0 Å². The molecule has 2 nitrogen and oxygen atoms in total. The molecule has 0 saturated carbocycles. The van der Waals surface area contributed by atoms with Gasteiger partial charge in [-0.25, -0.2) is 0 Å². The highest BCUT2D eigenvalue weighted by atomic mass is 15.1. The SMILES string of the molecule is C1CCC(CC2CN3CCC2CC3)NC1. The van der Waals surface area contributed by atoms with E-state index in [0.717, 1.165) is 17.9 Å². The molecule has 4 rings (SSSR count). The van der Waals surface area contributed by atoms with Crippen LogP contribution >= 0.6 is 0 Å². The molecule has 0 aromatic carbocycles. The molecule has 15 heavy (non-hydrogen) atoms. The van der Waals surface area contributed by atoms with E-state index in [4.69, 9.17) is 0 Å². The largest absolute Gasteiger partial charge is 0.314 e. The van der Waals surface area contributed by atoms with Crippen LogP contribution in [0.3, 0.4) is 0 Å². The maximum atomic E-state index is 3.71. The van der Waals surface area contributed by atoms with Crippen LogP contribution in [0.1, 0.15) is 38.5 Å². The van der Waals surface area contributed by atoms with E-state index < -0.39 is 0 Å². The summed E-state index contributed by atoms with van der Waals surface area (Å²) in [6, 6.07) is 0.851. The summed E-state index contributed by atoms with van der Waals surface area (Å²) in [6.45, 7) is 5.45. The van der Waals surface area contributed by atoms with Crippen LogP contribution in [0.4, 0.5) is 0 Å². The summed E-state index contributed by atoms with van der Waals surface area (Å²) in [5, 5.41) is 3.71. The lowest BCUT2D eigenvalue weighted by Gasteiger charge is -2.46. The molecule has 1 N–H and O–H groups in total. The predicted molar refractivity (Wildman–Crippen MR) is 62.9 cm³/mol. The van der Waals surface area contributed by atoms with E-state index in [1.54, 1.807) is 0 Å². The minimum absolute atomic E-state index is 0.851. The summed E-state index contributed by atoms with van der Waals surface area (Å²) in [6.07, 6.45) is 8.72. The number of nitrogens with one attached hydrogen (secondary N) is 1. The molecule has 2 bridgehead atoms. The van der Waals surface area contributed by atoms with E-state index in [1.807, 2.05) is 0 Å². The highest BCUT2D eigenvalue weighted by molar-refractivity contribution is 4.89. The molecule has 2 heteroatoms. The smallest absolute Gasteiger partial charge is 0.00702 e. The molecule has 4 aliphatic heterocycles. The monoisotopic (exact) mass is 208 g/mol. The Labute approximate surface area is 93.4 Å². The van der Waals surface area contributed by atoms with Crippen molar-refractivity contribution < 1.29 is 0 Å². The lowest BCUT2D eigenvalue weighted by Crippen LogP contribution is -2.49. The van der Waals surface area contributed by atoms with Crippen molar-refractivity contribution in [2.24, 2.45) is 11.8 Å². The second-order valence-corrected chi connectivity index (χ2v) is 5.78. The Morgan fingerprint density at radius 1 is 1.07 bits per heavy atom. The molecule has 2 unspecified atom stereocenters. The van der Waals surface area contributed by atoms with Crippen molar-refractivity contribution in [2.75, 3.05) is 26.2 Å². The summed E-state index contributed by atoms with van der Waals surface area (Å²) in [5.41, 5.74) is 0. The summed E-state index contributed by atoms with van der Waals surface area (Å²) >= 11 is 0. The van der Waals surface area contributed by atoms with Crippen LogP contribution in [0, 0.1) is 11.8 Å². The van der Waals surface area contributed by atoms with Gasteiger partial charge in [0.25, 0.3) is 0 Å². The van der Waals surface area contributed by atoms with Crippen LogP contribution in [0.5, 0.6) is 0 Å². The molecule has 0 amide bonds. The first-order chi connectivity index (χ1) is 7.42. The zero-order valence-corrected chi connectivity index (χ0v) is 9.75. The van der Waals surface area contributed by atoms with Crippen LogP contribution in [0.25, 0.3) is 0 Å². The van der Waals surface area contributed by atoms with Gasteiger partial charge in [0.2, 0.25) is 0 Å². The Hall–Kier alpha value is -0.0800. The van der Waals surface area contributed by atoms with Crippen molar-refractivity contribution in [1.82, 2.24) is 10.2 Å². The van der Waals surface area contributed by atoms with Gasteiger partial charge in [-0.05, 0) is 63.6 Å². The van der Waals surface area contributed by atoms with Gasteiger partial charge in [-0.15, -0.1) is 0 Å². The quantitative estimate of drug-likeness (QED) is 0.745. The number of hydrogen-bond donors (Lipinski definition) is 1. The van der Waals surface area contributed by atoms with Gasteiger partial charge >= 0.3 is 0 Å². The van der Waals surface area contributed by atoms with E-state index in [1.165, 1.54) is 64.7 Å². The average molecular weight is 208 g/mol. The second-order valence-electron chi connectivity index (χ2n) is 5.78. The molecular formula is C13H24N2. The minimum Gasteiger partial charge on any atom is -0.314 e. The first-order valence-electron chi connectivity index (χ1n) is 6.87. The molecule has 86 valence electrons. The second kappa shape index (κ2) is 4.42. The Morgan fingerprint density at radius 2 is 1.93 bits per heavy atom. The van der Waals surface area contributed by atoms with E-state index in [-0.39, 0.29) is 0 Å². The Bertz CT molecular complexity index is 203. The summed E-state index contributed by atoms with van der Waals surface area (Å²) in [4.78, 5) is 2.69. The van der Waals surface area contributed by atoms with Crippen LogP contribution in [-0.2, 0) is 0 Å². The van der Waals surface area contributed by atoms with Gasteiger partial charge in [-0.3, -0.25) is 0 Å². The van der Waals surface area contributed by atoms with Crippen LogP contribution in [-0.4, -0.2) is 37.1 Å². The van der Waals surface area contributed by atoms with Gasteiger partial charge in [0.15, 0.2) is 0 Å². The van der Waals surface area contributed by atoms with Crippen molar-refractivity contribution in [2.45, 2.75) is 44.6 Å². The Morgan fingerprint density at radius 3 is 2.53 bits per heavy atom. The maximum absolute atomic E-state index is 3.71. The minimum atomic E-state index is 0.851. The van der Waals surface area contributed by atoms with Crippen molar-refractivity contribution in [1.29, 1.82) is 0 Å². The summed E-state index contributed by atoms with van der Waals surface area (Å²) in [5.74, 6) is 2.09. The highest BCUT2D eigenvalue weighted by Gasteiger charge is 2.35. The van der Waals surface area contributed by atoms with Gasteiger partial charge in [0.05, 0.1) is 0 Å². The fourth-order valence-corrected chi connectivity index (χ4v) is 3.85. The lowest BCUT2D eigenvalue weighted by atomic mass is 9.75. The molecule has 0 aromatic heterocycles. The Kier molecular flexibility index (Phi) is 2.98. The standard InChI is InChI=1S/C13H24N2/c1-2-6-14-13(3-1)9-12-10-15-7-4-11(12)5-8-15/h11-14H,1-10H2. The topological polar surface area (TPSA) is 15.3 Å². The average Bonchev–Trinajstić information content (AvgIpc) is 2.32. The zero-order valence-electron chi connectivity index (χ0n) is 9.75. The highest BCUT2D eigenvalue weighted by Crippen LogP contribution is 2.35. The number of fused-ring (bicyclic) bond motifs is 3. The van der Waals surface area contributed by atoms with Gasteiger partial charge in [0.1, 0.15) is 0 Å². The molecule has 0 aliphatic carbocycles. The van der Waals surface area contributed by atoms with Crippen LogP contribution in [0.15, 0.2) is 0 Å². The fourth-order valence-electron chi connectivity index (χ4n) is 3.85. The number of nitrogens with zero attached hydrogens (tertiary/aromatic N) is 1. The van der Waals surface area contributed by atoms with Crippen molar-refractivity contribution in [3.63, 3.8) is 0 Å². The van der Waals surface area contributed by atoms with Gasteiger partial charge in [-0.1, -0.05) is 6.42 Å². The molecule has 4 heterocycles. The Balaban J connectivity index is 1.54. The first-order valence-corrected chi connectivity index (χ1v) is 6.87. The third kappa shape index (κ3) is 2.21. The van der Waals surface area contributed by atoms with E-state index in [0.29, 0.717) is 0 Å². The number of hydrogen-bond acceptors (Lipinski definition) is 2. The third-order valence-electron chi connectivity index (χ3n) is 4.79. The van der Waals surface area contributed by atoms with Crippen LogP contribution in [0.2, 0.25) is 0 Å². The van der Waals surface area contributed by atoms with E-state index in [9.17, 15) is 0 Å². The lowest BCUT2D eigenvalue weighted by molar-refractivity contribution is 0.0397. The van der Waals surface area contributed by atoms with E-state index >= 15 is 0 Å². The molecule has 2 atom stereocenters. The first kappa shape index (κ1) is 10.1.